The summed E-state index contributed by atoms with van der Waals surface area (Å²) < 4.78 is 32.7. The maximum Gasteiger partial charge on any atom is 0.265 e. The molecule has 0 bridgehead atoms. The van der Waals surface area contributed by atoms with E-state index in [4.69, 9.17) is 16.3 Å². The predicted octanol–water partition coefficient (Wildman–Crippen LogP) is 5.29. The first kappa shape index (κ1) is 23.0. The smallest absolute Gasteiger partial charge is 0.265 e. The van der Waals surface area contributed by atoms with E-state index in [-0.39, 0.29) is 16.4 Å². The molecule has 1 atom stereocenters. The van der Waals surface area contributed by atoms with Crippen LogP contribution in [0.2, 0.25) is 5.02 Å². The number of phenols is 1. The van der Waals surface area contributed by atoms with Crippen molar-refractivity contribution >= 4 is 34.8 Å². The molecule has 3 rings (SSSR count). The molecule has 1 unspecified atom stereocenters. The normalized spacial score (nSPS) is 11.5. The quantitative estimate of drug-likeness (QED) is 0.436. The van der Waals surface area contributed by atoms with Crippen molar-refractivity contribution < 1.29 is 28.2 Å². The Balaban J connectivity index is 1.71. The number of rotatable bonds is 6. The summed E-state index contributed by atoms with van der Waals surface area (Å²) >= 11 is 6.16. The highest BCUT2D eigenvalue weighted by molar-refractivity contribution is 6.34. The largest absolute Gasteiger partial charge is 0.506 e. The van der Waals surface area contributed by atoms with Crippen LogP contribution in [0.25, 0.3) is 0 Å². The van der Waals surface area contributed by atoms with Gasteiger partial charge in [-0.1, -0.05) is 35.4 Å². The lowest BCUT2D eigenvalue weighted by Gasteiger charge is -2.16. The summed E-state index contributed by atoms with van der Waals surface area (Å²) in [5.74, 6) is -3.94. The van der Waals surface area contributed by atoms with E-state index in [2.05, 4.69) is 10.6 Å². The van der Waals surface area contributed by atoms with Crippen molar-refractivity contribution in [1.82, 2.24) is 0 Å². The Morgan fingerprint density at radius 1 is 1.03 bits per heavy atom. The average Bonchev–Trinajstić information content (AvgIpc) is 2.75. The molecule has 0 fully saturated rings. The number of anilines is 2. The molecular formula is C23H19ClF2N2O4. The molecule has 0 aliphatic carbocycles. The maximum absolute atomic E-state index is 13.8. The third kappa shape index (κ3) is 5.33. The fraction of sp³-hybridized carbons (Fsp3) is 0.130. The highest BCUT2D eigenvalue weighted by atomic mass is 35.5. The van der Waals surface area contributed by atoms with Crippen LogP contribution in [-0.4, -0.2) is 23.0 Å². The Hall–Kier alpha value is -3.65. The lowest BCUT2D eigenvalue weighted by atomic mass is 10.1. The molecule has 32 heavy (non-hydrogen) atoms. The summed E-state index contributed by atoms with van der Waals surface area (Å²) in [4.78, 5) is 24.7. The van der Waals surface area contributed by atoms with Crippen LogP contribution in [0.4, 0.5) is 20.2 Å². The maximum atomic E-state index is 13.8. The number of hydrogen-bond donors (Lipinski definition) is 3. The van der Waals surface area contributed by atoms with E-state index in [9.17, 15) is 23.5 Å². The minimum absolute atomic E-state index is 0.00583. The number of nitrogens with one attached hydrogen (secondary N) is 2. The zero-order valence-electron chi connectivity index (χ0n) is 17.1. The first-order valence-corrected chi connectivity index (χ1v) is 9.85. The average molecular weight is 461 g/mol. The van der Waals surface area contributed by atoms with E-state index in [0.717, 1.165) is 23.8 Å². The molecule has 166 valence electrons. The second-order valence-corrected chi connectivity index (χ2v) is 7.37. The number of phenolic OH excluding ortho intramolecular Hbond substituents is 1. The van der Waals surface area contributed by atoms with Gasteiger partial charge in [0.15, 0.2) is 17.7 Å². The van der Waals surface area contributed by atoms with E-state index >= 15 is 0 Å². The van der Waals surface area contributed by atoms with Gasteiger partial charge in [0, 0.05) is 6.07 Å². The fourth-order valence-corrected chi connectivity index (χ4v) is 2.95. The number of carbonyl (C=O) groups is 2. The summed E-state index contributed by atoms with van der Waals surface area (Å²) in [6, 6.07) is 12.6. The van der Waals surface area contributed by atoms with Gasteiger partial charge in [-0.3, -0.25) is 9.59 Å². The number of amides is 2. The lowest BCUT2D eigenvalue weighted by Crippen LogP contribution is -2.30. The van der Waals surface area contributed by atoms with Crippen molar-refractivity contribution in [3.05, 3.63) is 82.4 Å². The summed E-state index contributed by atoms with van der Waals surface area (Å²) in [7, 11) is 0. The van der Waals surface area contributed by atoms with Crippen molar-refractivity contribution in [1.29, 1.82) is 0 Å². The molecule has 0 aliphatic heterocycles. The molecule has 2 amide bonds. The van der Waals surface area contributed by atoms with Gasteiger partial charge in [0.05, 0.1) is 22.0 Å². The van der Waals surface area contributed by atoms with Gasteiger partial charge in [-0.15, -0.1) is 0 Å². The number of carbonyl (C=O) groups excluding carboxylic acids is 2. The van der Waals surface area contributed by atoms with Crippen LogP contribution in [0.15, 0.2) is 54.6 Å². The molecule has 0 heterocycles. The number of aromatic hydroxyl groups is 1. The highest BCUT2D eigenvalue weighted by Gasteiger charge is 2.20. The summed E-state index contributed by atoms with van der Waals surface area (Å²) in [5.41, 5.74) is 0.429. The predicted molar refractivity (Wildman–Crippen MR) is 117 cm³/mol. The zero-order chi connectivity index (χ0) is 23.4. The van der Waals surface area contributed by atoms with Crippen LogP contribution in [0.1, 0.15) is 22.8 Å². The van der Waals surface area contributed by atoms with Gasteiger partial charge in [-0.25, -0.2) is 8.78 Å². The van der Waals surface area contributed by atoms with E-state index in [1.165, 1.54) is 12.1 Å². The summed E-state index contributed by atoms with van der Waals surface area (Å²) in [5, 5.41) is 15.0. The molecule has 6 nitrogen and oxygen atoms in total. The summed E-state index contributed by atoms with van der Waals surface area (Å²) in [6.07, 6.45) is -0.869. The number of hydrogen-bond acceptors (Lipinski definition) is 4. The van der Waals surface area contributed by atoms with Gasteiger partial charge in [0.2, 0.25) is 0 Å². The number of ether oxygens (including phenoxy) is 1. The molecule has 0 spiro atoms. The summed E-state index contributed by atoms with van der Waals surface area (Å²) in [6.45, 7) is 3.47. The first-order chi connectivity index (χ1) is 15.2. The van der Waals surface area contributed by atoms with Crippen LogP contribution in [-0.2, 0) is 4.79 Å². The third-order valence-corrected chi connectivity index (χ3v) is 4.80. The number of benzene rings is 3. The molecule has 3 N–H and O–H groups in total. The minimum Gasteiger partial charge on any atom is -0.506 e. The fourth-order valence-electron chi connectivity index (χ4n) is 2.74. The third-order valence-electron chi connectivity index (χ3n) is 4.49. The number of aryl methyl sites for hydroxylation is 1. The van der Waals surface area contributed by atoms with Gasteiger partial charge in [0.1, 0.15) is 11.5 Å². The van der Waals surface area contributed by atoms with Crippen molar-refractivity contribution in [2.45, 2.75) is 20.0 Å². The molecule has 3 aromatic rings. The Bertz CT molecular complexity index is 1170. The molecule has 0 aliphatic rings. The Labute approximate surface area is 187 Å². The van der Waals surface area contributed by atoms with Crippen LogP contribution >= 0.6 is 11.6 Å². The van der Waals surface area contributed by atoms with Crippen LogP contribution in [0.3, 0.4) is 0 Å². The molecule has 3 aromatic carbocycles. The number of halogens is 3. The van der Waals surface area contributed by atoms with Gasteiger partial charge in [0.25, 0.3) is 11.8 Å². The molecule has 0 aromatic heterocycles. The van der Waals surface area contributed by atoms with Crippen molar-refractivity contribution in [2.24, 2.45) is 0 Å². The van der Waals surface area contributed by atoms with Crippen LogP contribution < -0.4 is 15.4 Å². The second kappa shape index (κ2) is 9.65. The van der Waals surface area contributed by atoms with Crippen molar-refractivity contribution in [2.75, 3.05) is 10.6 Å². The molecule has 0 radical (unpaired) electrons. The highest BCUT2D eigenvalue weighted by Crippen LogP contribution is 2.34. The Kier molecular flexibility index (Phi) is 6.95. The van der Waals surface area contributed by atoms with Crippen LogP contribution in [0, 0.1) is 18.6 Å². The Morgan fingerprint density at radius 3 is 2.41 bits per heavy atom. The SMILES string of the molecule is Cc1ccc(OC(C)C(=O)Nc2cc(O)c(NC(=O)c3cccc(F)c3F)cc2Cl)cc1. The zero-order valence-corrected chi connectivity index (χ0v) is 17.8. The molecule has 9 heteroatoms. The van der Waals surface area contributed by atoms with Gasteiger partial charge >= 0.3 is 0 Å². The van der Waals surface area contributed by atoms with Gasteiger partial charge < -0.3 is 20.5 Å². The van der Waals surface area contributed by atoms with E-state index in [0.29, 0.717) is 5.75 Å². The first-order valence-electron chi connectivity index (χ1n) is 9.47. The topological polar surface area (TPSA) is 87.7 Å². The molecular weight excluding hydrogens is 442 g/mol. The van der Waals surface area contributed by atoms with Crippen molar-refractivity contribution in [3.8, 4) is 11.5 Å². The van der Waals surface area contributed by atoms with Gasteiger partial charge in [-0.2, -0.15) is 0 Å². The van der Waals surface area contributed by atoms with E-state index < -0.39 is 40.9 Å². The Morgan fingerprint density at radius 2 is 1.72 bits per heavy atom. The van der Waals surface area contributed by atoms with E-state index in [1.807, 2.05) is 19.1 Å². The lowest BCUT2D eigenvalue weighted by molar-refractivity contribution is -0.122. The monoisotopic (exact) mass is 460 g/mol. The minimum atomic E-state index is -1.32. The molecule has 0 saturated heterocycles. The van der Waals surface area contributed by atoms with Crippen LogP contribution in [0.5, 0.6) is 11.5 Å². The molecule has 0 saturated carbocycles. The van der Waals surface area contributed by atoms with E-state index in [1.54, 1.807) is 19.1 Å². The van der Waals surface area contributed by atoms with Crippen molar-refractivity contribution in [3.63, 3.8) is 0 Å². The van der Waals surface area contributed by atoms with Gasteiger partial charge in [-0.05, 0) is 44.2 Å². The second-order valence-electron chi connectivity index (χ2n) is 6.97. The standard InChI is InChI=1S/C23H19ClF2N2O4/c1-12-6-8-14(9-7-12)32-13(2)22(30)27-18-11-20(29)19(10-16(18)24)28-23(31)15-4-3-5-17(25)21(15)26/h3-11,13,29H,1-2H3,(H,27,30)(H,28,31).